The van der Waals surface area contributed by atoms with Crippen molar-refractivity contribution in [2.45, 2.75) is 24.3 Å². The van der Waals surface area contributed by atoms with Crippen molar-refractivity contribution in [3.8, 4) is 5.75 Å². The van der Waals surface area contributed by atoms with Crippen molar-refractivity contribution < 1.29 is 17.7 Å². The van der Waals surface area contributed by atoms with Crippen molar-refractivity contribution >= 4 is 22.2 Å². The normalized spacial score (nSPS) is 13.5. The molecule has 9 heteroatoms. The summed E-state index contributed by atoms with van der Waals surface area (Å²) in [6.07, 6.45) is 4.02. The molecule has 0 spiro atoms. The van der Waals surface area contributed by atoms with E-state index in [4.69, 9.17) is 9.26 Å². The number of aromatic nitrogens is 2. The number of sulfonamides is 1. The lowest BCUT2D eigenvalue weighted by atomic mass is 10.2. The third-order valence-corrected chi connectivity index (χ3v) is 5.67. The van der Waals surface area contributed by atoms with Crippen LogP contribution in [0.15, 0.2) is 27.6 Å². The number of rotatable bonds is 8. The van der Waals surface area contributed by atoms with E-state index in [0.717, 1.165) is 4.31 Å². The summed E-state index contributed by atoms with van der Waals surface area (Å²) in [5.41, 5.74) is 0.676. The molecule has 0 aliphatic rings. The number of ether oxygens (including phenoxy) is 1. The van der Waals surface area contributed by atoms with Gasteiger partial charge in [0.05, 0.1) is 7.11 Å². The predicted molar refractivity (Wildman–Crippen MR) is 99.3 cm³/mol. The van der Waals surface area contributed by atoms with E-state index in [1.807, 2.05) is 14.0 Å². The van der Waals surface area contributed by atoms with Gasteiger partial charge in [0.15, 0.2) is 5.82 Å². The molecule has 1 atom stereocenters. The average Bonchev–Trinajstić information content (AvgIpc) is 3.06. The lowest BCUT2D eigenvalue weighted by Gasteiger charge is -2.14. The molecular formula is C17H24N4O4S. The van der Waals surface area contributed by atoms with Gasteiger partial charge in [0.25, 0.3) is 5.89 Å². The molecule has 0 fully saturated rings. The molecule has 1 heterocycles. The summed E-state index contributed by atoms with van der Waals surface area (Å²) in [6, 6.07) is 5.16. The van der Waals surface area contributed by atoms with Crippen molar-refractivity contribution in [1.82, 2.24) is 19.8 Å². The van der Waals surface area contributed by atoms with Gasteiger partial charge in [0.2, 0.25) is 10.0 Å². The van der Waals surface area contributed by atoms with Crippen molar-refractivity contribution in [2.24, 2.45) is 0 Å². The second-order valence-electron chi connectivity index (χ2n) is 5.97. The fourth-order valence-corrected chi connectivity index (χ4v) is 3.24. The lowest BCUT2D eigenvalue weighted by Crippen LogP contribution is -2.24. The number of benzene rings is 1. The topological polar surface area (TPSA) is 97.6 Å². The highest BCUT2D eigenvalue weighted by Gasteiger charge is 2.22. The summed E-state index contributed by atoms with van der Waals surface area (Å²) >= 11 is 0. The minimum absolute atomic E-state index is 0.0983. The Morgan fingerprint density at radius 3 is 2.69 bits per heavy atom. The Hall–Kier alpha value is -2.23. The Bertz CT molecular complexity index is 875. The molecule has 1 unspecified atom stereocenters. The van der Waals surface area contributed by atoms with Gasteiger partial charge in [-0.3, -0.25) is 0 Å². The van der Waals surface area contributed by atoms with E-state index in [-0.39, 0.29) is 16.7 Å². The quantitative estimate of drug-likeness (QED) is 0.743. The number of nitrogens with zero attached hydrogens (tertiary/aromatic N) is 3. The first-order valence-corrected chi connectivity index (χ1v) is 9.50. The van der Waals surface area contributed by atoms with Crippen LogP contribution in [-0.4, -0.2) is 57.2 Å². The molecule has 0 saturated carbocycles. The van der Waals surface area contributed by atoms with E-state index in [1.165, 1.54) is 21.2 Å². The second-order valence-corrected chi connectivity index (χ2v) is 8.09. The zero-order valence-electron chi connectivity index (χ0n) is 15.6. The van der Waals surface area contributed by atoms with Gasteiger partial charge in [-0.1, -0.05) is 11.2 Å². The molecule has 2 rings (SSSR count). The SMILES string of the molecule is CNC(C)Cc1noc(/C=C/c2ccc(OC)c(S(=O)(=O)N(C)C)c2)n1. The Labute approximate surface area is 153 Å². The lowest BCUT2D eigenvalue weighted by molar-refractivity contribution is 0.400. The maximum absolute atomic E-state index is 12.4. The number of nitrogens with one attached hydrogen (secondary N) is 1. The number of methoxy groups -OCH3 is 1. The molecule has 2 aromatic rings. The average molecular weight is 380 g/mol. The van der Waals surface area contributed by atoms with Crippen molar-refractivity contribution in [3.63, 3.8) is 0 Å². The zero-order chi connectivity index (χ0) is 19.3. The van der Waals surface area contributed by atoms with Gasteiger partial charge in [-0.05, 0) is 37.7 Å². The number of likely N-dealkylation sites (N-methyl/N-ethyl adjacent to an activating group) is 1. The van der Waals surface area contributed by atoms with E-state index in [9.17, 15) is 8.42 Å². The molecule has 0 saturated heterocycles. The van der Waals surface area contributed by atoms with Crippen LogP contribution in [0.5, 0.6) is 5.75 Å². The largest absolute Gasteiger partial charge is 0.495 e. The molecular weight excluding hydrogens is 356 g/mol. The predicted octanol–water partition coefficient (Wildman–Crippen LogP) is 1.65. The highest BCUT2D eigenvalue weighted by molar-refractivity contribution is 7.89. The molecule has 1 N–H and O–H groups in total. The maximum Gasteiger partial charge on any atom is 0.250 e. The van der Waals surface area contributed by atoms with Crippen LogP contribution in [0.25, 0.3) is 12.2 Å². The third kappa shape index (κ3) is 4.69. The Balaban J connectivity index is 2.26. The standard InChI is InChI=1S/C17H24N4O4S/c1-12(18-2)10-16-19-17(25-20-16)9-7-13-6-8-14(24-5)15(11-13)26(22,23)21(3)4/h6-9,11-12,18H,10H2,1-5H3/b9-7+. The molecule has 142 valence electrons. The maximum atomic E-state index is 12.4. The van der Waals surface area contributed by atoms with Crippen LogP contribution in [0, 0.1) is 0 Å². The van der Waals surface area contributed by atoms with E-state index < -0.39 is 10.0 Å². The molecule has 0 aliphatic heterocycles. The van der Waals surface area contributed by atoms with Crippen LogP contribution in [0.1, 0.15) is 24.2 Å². The first kappa shape index (κ1) is 20.1. The van der Waals surface area contributed by atoms with Gasteiger partial charge in [-0.2, -0.15) is 4.98 Å². The van der Waals surface area contributed by atoms with Crippen molar-refractivity contribution in [1.29, 1.82) is 0 Å². The van der Waals surface area contributed by atoms with E-state index in [0.29, 0.717) is 23.7 Å². The van der Waals surface area contributed by atoms with E-state index in [2.05, 4.69) is 15.5 Å². The molecule has 1 aromatic carbocycles. The van der Waals surface area contributed by atoms with Gasteiger partial charge >= 0.3 is 0 Å². The monoisotopic (exact) mass is 380 g/mol. The summed E-state index contributed by atoms with van der Waals surface area (Å²) in [6.45, 7) is 2.02. The molecule has 26 heavy (non-hydrogen) atoms. The van der Waals surface area contributed by atoms with Crippen LogP contribution in [0.3, 0.4) is 0 Å². The molecule has 0 bridgehead atoms. The van der Waals surface area contributed by atoms with Crippen molar-refractivity contribution in [3.05, 3.63) is 35.5 Å². The van der Waals surface area contributed by atoms with Crippen LogP contribution in [0.4, 0.5) is 0 Å². The molecule has 8 nitrogen and oxygen atoms in total. The summed E-state index contributed by atoms with van der Waals surface area (Å²) < 4.78 is 36.4. The fraction of sp³-hybridized carbons (Fsp3) is 0.412. The Morgan fingerprint density at radius 2 is 2.08 bits per heavy atom. The van der Waals surface area contributed by atoms with Crippen LogP contribution >= 0.6 is 0 Å². The van der Waals surface area contributed by atoms with Crippen LogP contribution in [0.2, 0.25) is 0 Å². The summed E-state index contributed by atoms with van der Waals surface area (Å²) in [4.78, 5) is 4.39. The minimum atomic E-state index is -3.62. The first-order chi connectivity index (χ1) is 12.3. The molecule has 0 amide bonds. The summed E-state index contributed by atoms with van der Waals surface area (Å²) in [5, 5.41) is 7.03. The van der Waals surface area contributed by atoms with E-state index in [1.54, 1.807) is 30.4 Å². The van der Waals surface area contributed by atoms with Gasteiger partial charge in [0.1, 0.15) is 10.6 Å². The van der Waals surface area contributed by atoms with Gasteiger partial charge in [0, 0.05) is 32.6 Å². The minimum Gasteiger partial charge on any atom is -0.495 e. The van der Waals surface area contributed by atoms with Gasteiger partial charge in [-0.25, -0.2) is 12.7 Å². The second kappa shape index (κ2) is 8.43. The van der Waals surface area contributed by atoms with Gasteiger partial charge in [-0.15, -0.1) is 0 Å². The van der Waals surface area contributed by atoms with Crippen LogP contribution in [-0.2, 0) is 16.4 Å². The van der Waals surface area contributed by atoms with E-state index >= 15 is 0 Å². The Morgan fingerprint density at radius 1 is 1.35 bits per heavy atom. The zero-order valence-corrected chi connectivity index (χ0v) is 16.4. The Kier molecular flexibility index (Phi) is 6.52. The number of hydrogen-bond acceptors (Lipinski definition) is 7. The first-order valence-electron chi connectivity index (χ1n) is 8.06. The number of hydrogen-bond donors (Lipinski definition) is 1. The highest BCUT2D eigenvalue weighted by atomic mass is 32.2. The van der Waals surface area contributed by atoms with Crippen molar-refractivity contribution in [2.75, 3.05) is 28.3 Å². The molecule has 0 aliphatic carbocycles. The highest BCUT2D eigenvalue weighted by Crippen LogP contribution is 2.27. The fourth-order valence-electron chi connectivity index (χ4n) is 2.16. The molecule has 0 radical (unpaired) electrons. The third-order valence-electron chi connectivity index (χ3n) is 3.83. The molecule has 1 aromatic heterocycles. The smallest absolute Gasteiger partial charge is 0.250 e. The summed E-state index contributed by atoms with van der Waals surface area (Å²) in [7, 11) is 2.64. The summed E-state index contributed by atoms with van der Waals surface area (Å²) in [5.74, 6) is 1.25. The van der Waals surface area contributed by atoms with Crippen LogP contribution < -0.4 is 10.1 Å². The van der Waals surface area contributed by atoms with Gasteiger partial charge < -0.3 is 14.6 Å².